The molecule has 0 aliphatic heterocycles. The SMILES string of the molecule is Cc1ccccc1C(=O)NCc1ccc(CN)cc1. The van der Waals surface area contributed by atoms with Gasteiger partial charge in [-0.3, -0.25) is 4.79 Å². The molecule has 0 aliphatic carbocycles. The first kappa shape index (κ1) is 13.3. The van der Waals surface area contributed by atoms with Crippen LogP contribution in [0.25, 0.3) is 0 Å². The van der Waals surface area contributed by atoms with Crippen molar-refractivity contribution < 1.29 is 4.79 Å². The number of carbonyl (C=O) groups is 1. The van der Waals surface area contributed by atoms with Crippen molar-refractivity contribution in [3.63, 3.8) is 0 Å². The van der Waals surface area contributed by atoms with Crippen LogP contribution in [0.2, 0.25) is 0 Å². The third kappa shape index (κ3) is 3.42. The predicted octanol–water partition coefficient (Wildman–Crippen LogP) is 2.38. The molecule has 0 saturated heterocycles. The maximum absolute atomic E-state index is 12.0. The molecule has 0 bridgehead atoms. The highest BCUT2D eigenvalue weighted by molar-refractivity contribution is 5.95. The number of hydrogen-bond donors (Lipinski definition) is 2. The van der Waals surface area contributed by atoms with Crippen LogP contribution in [0, 0.1) is 6.92 Å². The Hall–Kier alpha value is -2.13. The molecule has 3 heteroatoms. The molecule has 2 aromatic rings. The van der Waals surface area contributed by atoms with Gasteiger partial charge in [0.05, 0.1) is 0 Å². The monoisotopic (exact) mass is 254 g/mol. The van der Waals surface area contributed by atoms with Crippen LogP contribution in [0.15, 0.2) is 48.5 Å². The second kappa shape index (κ2) is 6.16. The smallest absolute Gasteiger partial charge is 0.251 e. The average Bonchev–Trinajstić information content (AvgIpc) is 2.46. The first-order chi connectivity index (χ1) is 9.20. The highest BCUT2D eigenvalue weighted by Crippen LogP contribution is 2.08. The molecule has 0 fully saturated rings. The summed E-state index contributed by atoms with van der Waals surface area (Å²) in [5.41, 5.74) is 9.41. The molecule has 2 aromatic carbocycles. The summed E-state index contributed by atoms with van der Waals surface area (Å²) in [4.78, 5) is 12.0. The van der Waals surface area contributed by atoms with Gasteiger partial charge in [0, 0.05) is 18.7 Å². The lowest BCUT2D eigenvalue weighted by molar-refractivity contribution is 0.0950. The quantitative estimate of drug-likeness (QED) is 0.880. The zero-order chi connectivity index (χ0) is 13.7. The summed E-state index contributed by atoms with van der Waals surface area (Å²) >= 11 is 0. The lowest BCUT2D eigenvalue weighted by atomic mass is 10.1. The van der Waals surface area contributed by atoms with Crippen molar-refractivity contribution >= 4 is 5.91 Å². The zero-order valence-electron chi connectivity index (χ0n) is 11.0. The summed E-state index contributed by atoms with van der Waals surface area (Å²) in [5.74, 6) is -0.0407. The Bertz CT molecular complexity index is 561. The van der Waals surface area contributed by atoms with Gasteiger partial charge < -0.3 is 11.1 Å². The number of carbonyl (C=O) groups excluding carboxylic acids is 1. The number of aryl methyl sites for hydroxylation is 1. The average molecular weight is 254 g/mol. The highest BCUT2D eigenvalue weighted by atomic mass is 16.1. The van der Waals surface area contributed by atoms with Crippen LogP contribution in [0.5, 0.6) is 0 Å². The Morgan fingerprint density at radius 1 is 1.05 bits per heavy atom. The molecule has 3 nitrogen and oxygen atoms in total. The van der Waals surface area contributed by atoms with E-state index in [0.717, 1.165) is 22.3 Å². The highest BCUT2D eigenvalue weighted by Gasteiger charge is 2.07. The molecular weight excluding hydrogens is 236 g/mol. The molecule has 0 atom stereocenters. The van der Waals surface area contributed by atoms with Crippen molar-refractivity contribution in [2.24, 2.45) is 5.73 Å². The summed E-state index contributed by atoms with van der Waals surface area (Å²) in [6.45, 7) is 3.00. The fraction of sp³-hybridized carbons (Fsp3) is 0.188. The first-order valence-corrected chi connectivity index (χ1v) is 6.32. The van der Waals surface area contributed by atoms with Crippen molar-refractivity contribution in [1.29, 1.82) is 0 Å². The maximum Gasteiger partial charge on any atom is 0.251 e. The summed E-state index contributed by atoms with van der Waals surface area (Å²) in [5, 5.41) is 2.92. The fourth-order valence-corrected chi connectivity index (χ4v) is 1.90. The summed E-state index contributed by atoms with van der Waals surface area (Å²) < 4.78 is 0. The van der Waals surface area contributed by atoms with E-state index in [1.54, 1.807) is 0 Å². The van der Waals surface area contributed by atoms with E-state index < -0.39 is 0 Å². The van der Waals surface area contributed by atoms with Crippen LogP contribution in [0.3, 0.4) is 0 Å². The molecule has 3 N–H and O–H groups in total. The van der Waals surface area contributed by atoms with E-state index in [1.165, 1.54) is 0 Å². The molecule has 2 rings (SSSR count). The second-order valence-electron chi connectivity index (χ2n) is 4.52. The second-order valence-corrected chi connectivity index (χ2v) is 4.52. The molecule has 0 radical (unpaired) electrons. The molecule has 1 amide bonds. The van der Waals surface area contributed by atoms with Gasteiger partial charge in [0.25, 0.3) is 5.91 Å². The van der Waals surface area contributed by atoms with E-state index in [9.17, 15) is 4.79 Å². The Morgan fingerprint density at radius 3 is 2.32 bits per heavy atom. The maximum atomic E-state index is 12.0. The minimum atomic E-state index is -0.0407. The number of amides is 1. The molecular formula is C16H18N2O. The fourth-order valence-electron chi connectivity index (χ4n) is 1.90. The van der Waals surface area contributed by atoms with Crippen molar-refractivity contribution in [2.45, 2.75) is 20.0 Å². The van der Waals surface area contributed by atoms with Gasteiger partial charge in [-0.05, 0) is 29.7 Å². The summed E-state index contributed by atoms with van der Waals surface area (Å²) in [6, 6.07) is 15.5. The molecule has 0 unspecified atom stereocenters. The molecule has 0 aliphatic rings. The van der Waals surface area contributed by atoms with E-state index in [-0.39, 0.29) is 5.91 Å². The Kier molecular flexibility index (Phi) is 4.31. The van der Waals surface area contributed by atoms with Crippen molar-refractivity contribution in [2.75, 3.05) is 0 Å². The van der Waals surface area contributed by atoms with Gasteiger partial charge in [-0.25, -0.2) is 0 Å². The number of nitrogens with two attached hydrogens (primary N) is 1. The van der Waals surface area contributed by atoms with Crippen LogP contribution < -0.4 is 11.1 Å². The molecule has 98 valence electrons. The number of rotatable bonds is 4. The molecule has 19 heavy (non-hydrogen) atoms. The molecule has 0 heterocycles. The van der Waals surface area contributed by atoms with Gasteiger partial charge in [0.2, 0.25) is 0 Å². The van der Waals surface area contributed by atoms with E-state index in [0.29, 0.717) is 13.1 Å². The minimum Gasteiger partial charge on any atom is -0.348 e. The molecule has 0 saturated carbocycles. The Morgan fingerprint density at radius 2 is 1.68 bits per heavy atom. The lowest BCUT2D eigenvalue weighted by Gasteiger charge is -2.08. The first-order valence-electron chi connectivity index (χ1n) is 6.32. The standard InChI is InChI=1S/C16H18N2O/c1-12-4-2-3-5-15(12)16(19)18-11-14-8-6-13(10-17)7-9-14/h2-9H,10-11,17H2,1H3,(H,18,19). The number of hydrogen-bond acceptors (Lipinski definition) is 2. The van der Waals surface area contributed by atoms with Gasteiger partial charge in [0.15, 0.2) is 0 Å². The van der Waals surface area contributed by atoms with Gasteiger partial charge in [-0.2, -0.15) is 0 Å². The third-order valence-corrected chi connectivity index (χ3v) is 3.10. The minimum absolute atomic E-state index is 0.0407. The lowest BCUT2D eigenvalue weighted by Crippen LogP contribution is -2.23. The van der Waals surface area contributed by atoms with Crippen LogP contribution in [-0.2, 0) is 13.1 Å². The molecule has 0 spiro atoms. The van der Waals surface area contributed by atoms with Crippen molar-refractivity contribution in [1.82, 2.24) is 5.32 Å². The van der Waals surface area contributed by atoms with E-state index in [4.69, 9.17) is 5.73 Å². The number of benzene rings is 2. The van der Waals surface area contributed by atoms with E-state index >= 15 is 0 Å². The largest absolute Gasteiger partial charge is 0.348 e. The Balaban J connectivity index is 1.98. The summed E-state index contributed by atoms with van der Waals surface area (Å²) in [7, 11) is 0. The summed E-state index contributed by atoms with van der Waals surface area (Å²) in [6.07, 6.45) is 0. The van der Waals surface area contributed by atoms with Crippen LogP contribution >= 0.6 is 0 Å². The molecule has 0 aromatic heterocycles. The zero-order valence-corrected chi connectivity index (χ0v) is 11.0. The van der Waals surface area contributed by atoms with Gasteiger partial charge in [0.1, 0.15) is 0 Å². The topological polar surface area (TPSA) is 55.1 Å². The van der Waals surface area contributed by atoms with Crippen LogP contribution in [-0.4, -0.2) is 5.91 Å². The van der Waals surface area contributed by atoms with Crippen LogP contribution in [0.4, 0.5) is 0 Å². The third-order valence-electron chi connectivity index (χ3n) is 3.10. The van der Waals surface area contributed by atoms with Crippen molar-refractivity contribution in [3.05, 3.63) is 70.8 Å². The Labute approximate surface area is 113 Å². The predicted molar refractivity (Wildman–Crippen MR) is 76.7 cm³/mol. The van der Waals surface area contributed by atoms with Gasteiger partial charge >= 0.3 is 0 Å². The normalized spacial score (nSPS) is 10.2. The van der Waals surface area contributed by atoms with E-state index in [1.807, 2.05) is 55.5 Å². The van der Waals surface area contributed by atoms with E-state index in [2.05, 4.69) is 5.32 Å². The van der Waals surface area contributed by atoms with Crippen LogP contribution in [0.1, 0.15) is 27.0 Å². The van der Waals surface area contributed by atoms with Crippen molar-refractivity contribution in [3.8, 4) is 0 Å². The van der Waals surface area contributed by atoms with Gasteiger partial charge in [-0.1, -0.05) is 42.5 Å². The van der Waals surface area contributed by atoms with Gasteiger partial charge in [-0.15, -0.1) is 0 Å². The number of nitrogens with one attached hydrogen (secondary N) is 1.